The van der Waals surface area contributed by atoms with Crippen LogP contribution in [0.4, 0.5) is 34.1 Å². The molecule has 17 nitrogen and oxygen atoms in total. The molecule has 0 spiro atoms. The fraction of sp³-hybridized carbons (Fsp3) is 0.0278. The molecule has 0 bridgehead atoms. The van der Waals surface area contributed by atoms with Gasteiger partial charge in [0.1, 0.15) is 33.5 Å². The molecule has 0 radical (unpaired) electrons. The van der Waals surface area contributed by atoms with Crippen LogP contribution in [0.25, 0.3) is 27.2 Å². The summed E-state index contributed by atoms with van der Waals surface area (Å²) in [4.78, 5) is 9.73. The molecule has 1 heterocycles. The second-order valence-corrected chi connectivity index (χ2v) is 12.9. The Morgan fingerprint density at radius 2 is 1.36 bits per heavy atom. The van der Waals surface area contributed by atoms with Crippen LogP contribution in [-0.4, -0.2) is 48.1 Å². The molecule has 0 aliphatic heterocycles. The van der Waals surface area contributed by atoms with Gasteiger partial charge in [-0.25, -0.2) is 0 Å². The van der Waals surface area contributed by atoms with Crippen LogP contribution in [-0.2, 0) is 27.5 Å². The Bertz CT molecular complexity index is 2760. The zero-order valence-corrected chi connectivity index (χ0v) is 30.4. The van der Waals surface area contributed by atoms with E-state index in [9.17, 15) is 43.5 Å². The number of phenolic OH excluding ortho intramolecular Hbond substituents is 3. The van der Waals surface area contributed by atoms with Gasteiger partial charge in [-0.1, -0.05) is 54.6 Å². The molecule has 0 saturated carbocycles. The van der Waals surface area contributed by atoms with E-state index in [0.29, 0.717) is 22.5 Å². The summed E-state index contributed by atoms with van der Waals surface area (Å²) < 4.78 is 34.1. The van der Waals surface area contributed by atoms with Crippen molar-refractivity contribution in [1.29, 1.82) is 0 Å². The summed E-state index contributed by atoms with van der Waals surface area (Å²) in [5, 5.41) is 73.4. The van der Waals surface area contributed by atoms with Crippen molar-refractivity contribution >= 4 is 65.8 Å². The summed E-state index contributed by atoms with van der Waals surface area (Å²) in [6.07, 6.45) is 0. The summed E-state index contributed by atoms with van der Waals surface area (Å²) in [7, 11) is -4.56. The molecule has 0 amide bonds. The van der Waals surface area contributed by atoms with Gasteiger partial charge < -0.3 is 26.2 Å². The van der Waals surface area contributed by atoms with E-state index in [4.69, 9.17) is 5.73 Å². The van der Waals surface area contributed by atoms with Gasteiger partial charge in [0.05, 0.1) is 16.3 Å². The predicted octanol–water partition coefficient (Wildman–Crippen LogP) is 8.56. The zero-order valence-electron chi connectivity index (χ0n) is 28.3. The number of anilines is 1. The maximum Gasteiger partial charge on any atom is 0.295 e. The number of fused-ring (bicyclic) bond motifs is 2. The Labute approximate surface area is 322 Å². The van der Waals surface area contributed by atoms with E-state index in [-0.39, 0.29) is 73.9 Å². The number of phenols is 3. The first-order chi connectivity index (χ1) is 25.7. The fourth-order valence-electron chi connectivity index (χ4n) is 5.31. The average Bonchev–Trinajstić information content (AvgIpc) is 3.43. The Balaban J connectivity index is 0.000000212. The first-order valence-corrected chi connectivity index (χ1v) is 17.0. The Morgan fingerprint density at radius 3 is 2.05 bits per heavy atom. The molecular formula is C36H28CrN8O9S. The molecule has 1 aromatic heterocycles. The van der Waals surface area contributed by atoms with E-state index in [1.165, 1.54) is 16.8 Å². The first kappa shape index (κ1) is 39.3. The number of nitro benzene ring substituents is 1. The number of hydrogen-bond acceptors (Lipinski definition) is 14. The molecule has 55 heavy (non-hydrogen) atoms. The number of aryl methyl sites for hydroxylation is 1. The van der Waals surface area contributed by atoms with Crippen LogP contribution in [0.3, 0.4) is 0 Å². The summed E-state index contributed by atoms with van der Waals surface area (Å²) in [6, 6.07) is 27.9. The van der Waals surface area contributed by atoms with E-state index in [2.05, 4.69) is 25.6 Å². The molecule has 278 valence electrons. The van der Waals surface area contributed by atoms with Crippen LogP contribution in [0, 0.1) is 17.0 Å². The maximum absolute atomic E-state index is 11.7. The van der Waals surface area contributed by atoms with Gasteiger partial charge in [-0.05, 0) is 48.7 Å². The number of aromatic nitrogens is 2. The third kappa shape index (κ3) is 8.35. The molecule has 7 rings (SSSR count). The third-order valence-corrected chi connectivity index (χ3v) is 8.82. The van der Waals surface area contributed by atoms with E-state index in [1.54, 1.807) is 73.7 Å². The largest absolute Gasteiger partial charge is 0.506 e. The van der Waals surface area contributed by atoms with Crippen LogP contribution in [0.1, 0.15) is 5.69 Å². The van der Waals surface area contributed by atoms with Gasteiger partial charge in [0.2, 0.25) is 5.88 Å². The van der Waals surface area contributed by atoms with Crippen molar-refractivity contribution in [2.75, 3.05) is 5.73 Å². The molecule has 0 fully saturated rings. The number of nitrogen functional groups attached to an aromatic ring is 1. The van der Waals surface area contributed by atoms with Crippen molar-refractivity contribution in [1.82, 2.24) is 9.78 Å². The topological polar surface area (TPSA) is 272 Å². The molecule has 7 N–H and O–H groups in total. The third-order valence-electron chi connectivity index (χ3n) is 7.92. The maximum atomic E-state index is 11.7. The van der Waals surface area contributed by atoms with Crippen molar-refractivity contribution in [2.24, 2.45) is 20.5 Å². The standard InChI is InChI=1S/C20H16N4O5S.C16H12N4O4.Cr/c1-12-18(20(26)24(23-12)13-7-3-2-4-8-13)21-22-19-15-10-6-5-9-14(15)17(11-16(19)25)30(27,28)29;17-10-3-1-9-2-5-13(16(22)12(9)7-10)18-19-14-8-11(20(23)24)4-6-15(14)21;/h2-11,25-26H,1H3,(H,27,28,29);1-8,21-22H,17H2;. The average molecular weight is 801 g/mol. The van der Waals surface area contributed by atoms with Gasteiger partial charge in [-0.2, -0.15) is 18.2 Å². The van der Waals surface area contributed by atoms with E-state index < -0.39 is 25.7 Å². The molecule has 0 unspecified atom stereocenters. The second kappa shape index (κ2) is 16.0. The summed E-state index contributed by atoms with van der Waals surface area (Å²) in [5.74, 6) is -1.10. The minimum Gasteiger partial charge on any atom is -0.506 e. The van der Waals surface area contributed by atoms with E-state index >= 15 is 0 Å². The minimum absolute atomic E-state index is 0. The van der Waals surface area contributed by atoms with Crippen LogP contribution in [0.2, 0.25) is 0 Å². The quantitative estimate of drug-likeness (QED) is 0.0292. The smallest absolute Gasteiger partial charge is 0.295 e. The molecule has 7 aromatic rings. The number of rotatable bonds is 7. The number of nitro groups is 1. The number of non-ortho nitro benzene ring substituents is 1. The molecule has 19 heteroatoms. The van der Waals surface area contributed by atoms with Crippen molar-refractivity contribution in [2.45, 2.75) is 11.8 Å². The first-order valence-electron chi connectivity index (χ1n) is 15.6. The van der Waals surface area contributed by atoms with Crippen molar-refractivity contribution < 1.29 is 55.7 Å². The zero-order chi connectivity index (χ0) is 38.7. The van der Waals surface area contributed by atoms with Crippen molar-refractivity contribution in [3.63, 3.8) is 0 Å². The van der Waals surface area contributed by atoms with Crippen LogP contribution < -0.4 is 5.73 Å². The van der Waals surface area contributed by atoms with Crippen molar-refractivity contribution in [3.05, 3.63) is 125 Å². The molecule has 6 aromatic carbocycles. The number of hydrogen-bond donors (Lipinski definition) is 6. The molecular weight excluding hydrogens is 773 g/mol. The van der Waals surface area contributed by atoms with Gasteiger partial charge >= 0.3 is 0 Å². The van der Waals surface area contributed by atoms with Crippen LogP contribution in [0.15, 0.2) is 135 Å². The SMILES string of the molecule is Cc1nn(-c2ccccc2)c(O)c1N=Nc1c(O)cc(S(=O)(=O)O)c2ccccc12.Nc1ccc2ccc(N=Nc3cc([N+](=O)[O-])ccc3O)c(O)c2c1.[Cr]. The van der Waals surface area contributed by atoms with Crippen LogP contribution >= 0.6 is 0 Å². The van der Waals surface area contributed by atoms with Gasteiger partial charge in [0.25, 0.3) is 15.8 Å². The number of benzene rings is 6. The number of aromatic hydroxyl groups is 4. The summed E-state index contributed by atoms with van der Waals surface area (Å²) in [6.45, 7) is 1.65. The summed E-state index contributed by atoms with van der Waals surface area (Å²) >= 11 is 0. The fourth-order valence-corrected chi connectivity index (χ4v) is 6.02. The number of nitrogens with zero attached hydrogens (tertiary/aromatic N) is 7. The van der Waals surface area contributed by atoms with Gasteiger partial charge in [-0.3, -0.25) is 14.7 Å². The molecule has 0 saturated heterocycles. The van der Waals surface area contributed by atoms with Crippen molar-refractivity contribution in [3.8, 4) is 28.8 Å². The Morgan fingerprint density at radius 1 is 0.727 bits per heavy atom. The normalized spacial score (nSPS) is 11.5. The van der Waals surface area contributed by atoms with Crippen LogP contribution in [0.5, 0.6) is 23.1 Å². The predicted molar refractivity (Wildman–Crippen MR) is 199 cm³/mol. The van der Waals surface area contributed by atoms with Gasteiger partial charge in [-0.15, -0.1) is 20.5 Å². The second-order valence-electron chi connectivity index (χ2n) is 11.5. The Kier molecular flexibility index (Phi) is 11.4. The summed E-state index contributed by atoms with van der Waals surface area (Å²) in [5.41, 5.74) is 7.17. The molecule has 0 aliphatic carbocycles. The van der Waals surface area contributed by atoms with E-state index in [0.717, 1.165) is 29.7 Å². The number of para-hydroxylation sites is 1. The number of nitrogens with two attached hydrogens (primary N) is 1. The molecule has 0 atom stereocenters. The van der Waals surface area contributed by atoms with Gasteiger partial charge in [0, 0.05) is 57.4 Å². The van der Waals surface area contributed by atoms with Gasteiger partial charge in [0.15, 0.2) is 11.4 Å². The Hall–Kier alpha value is -6.91. The minimum atomic E-state index is -4.56. The number of azo groups is 2. The monoisotopic (exact) mass is 800 g/mol. The molecule has 0 aliphatic rings. The van der Waals surface area contributed by atoms with E-state index in [1.807, 2.05) is 6.07 Å².